The second-order valence-corrected chi connectivity index (χ2v) is 12.1. The van der Waals surface area contributed by atoms with E-state index in [4.69, 9.17) is 10.5 Å². The summed E-state index contributed by atoms with van der Waals surface area (Å²) < 4.78 is 57.0. The number of nitrogen functional groups attached to an aromatic ring is 1. The second-order valence-electron chi connectivity index (χ2n) is 10.1. The van der Waals surface area contributed by atoms with E-state index in [1.807, 2.05) is 19.9 Å². The van der Waals surface area contributed by atoms with Gasteiger partial charge in [-0.3, -0.25) is 0 Å². The first-order chi connectivity index (χ1) is 19.0. The minimum Gasteiger partial charge on any atom is -0.489 e. The van der Waals surface area contributed by atoms with Crippen LogP contribution in [0.15, 0.2) is 59.6 Å². The van der Waals surface area contributed by atoms with E-state index in [0.29, 0.717) is 34.6 Å². The van der Waals surface area contributed by atoms with E-state index in [1.165, 1.54) is 17.8 Å². The molecule has 0 spiro atoms. The van der Waals surface area contributed by atoms with Crippen LogP contribution in [0, 0.1) is 6.92 Å². The Balaban J connectivity index is 1.64. The summed E-state index contributed by atoms with van der Waals surface area (Å²) in [5, 5.41) is 6.62. The molecule has 3 aromatic rings. The summed E-state index contributed by atoms with van der Waals surface area (Å²) in [7, 11) is -3.91. The number of halogens is 2. The molecule has 0 bridgehead atoms. The Morgan fingerprint density at radius 1 is 1.18 bits per heavy atom. The van der Waals surface area contributed by atoms with Crippen LogP contribution >= 0.6 is 0 Å². The fraction of sp³-hybridized carbons (Fsp3) is 0.379. The third-order valence-electron chi connectivity index (χ3n) is 6.68. The molecule has 0 aliphatic carbocycles. The van der Waals surface area contributed by atoms with Crippen molar-refractivity contribution in [1.29, 1.82) is 0 Å². The highest BCUT2D eigenvalue weighted by molar-refractivity contribution is 7.91. The first-order valence-corrected chi connectivity index (χ1v) is 14.9. The van der Waals surface area contributed by atoms with Crippen LogP contribution in [-0.4, -0.2) is 49.8 Å². The van der Waals surface area contributed by atoms with Gasteiger partial charge in [0.2, 0.25) is 5.95 Å². The maximum atomic E-state index is 12.9. The van der Waals surface area contributed by atoms with Gasteiger partial charge in [-0.15, -0.1) is 0 Å². The first kappa shape index (κ1) is 29.4. The number of rotatable bonds is 10. The maximum absolute atomic E-state index is 12.9. The Hall–Kier alpha value is -3.57. The van der Waals surface area contributed by atoms with E-state index in [0.717, 1.165) is 37.6 Å². The lowest BCUT2D eigenvalue weighted by Crippen LogP contribution is -2.27. The minimum atomic E-state index is -3.91. The number of sulfone groups is 1. The van der Waals surface area contributed by atoms with Gasteiger partial charge in [-0.1, -0.05) is 24.3 Å². The van der Waals surface area contributed by atoms with Crippen LogP contribution in [-0.2, 0) is 9.84 Å². The number of aryl methyl sites for hydroxylation is 1. The van der Waals surface area contributed by atoms with Crippen LogP contribution in [0.25, 0.3) is 11.1 Å². The molecule has 1 aromatic heterocycles. The largest absolute Gasteiger partial charge is 0.489 e. The molecule has 4 rings (SSSR count). The predicted molar refractivity (Wildman–Crippen MR) is 154 cm³/mol. The minimum absolute atomic E-state index is 0.0401. The SMILES string of the molecule is Cc1cc(Nc2ncc(-c3ccccc3S(=O)(=O)CC=CC(F)F)c(N)n2)c(OC(C)C)cc1C1CCNCC1. The molecular weight excluding hydrogens is 536 g/mol. The lowest BCUT2D eigenvalue weighted by atomic mass is 9.87. The average molecular weight is 572 g/mol. The number of aromatic nitrogens is 2. The monoisotopic (exact) mass is 571 g/mol. The standard InChI is InChI=1S/C29H35F2N5O3S/c1-18(2)39-25-16-22(20-10-12-33-13-11-20)19(3)15-24(25)35-29-34-17-23(28(32)36-29)21-7-4-5-8-26(21)40(37,38)14-6-9-27(30)31/h4-9,15-18,20,27,33H,10-14H2,1-3H3,(H3,32,34,35,36). The van der Waals surface area contributed by atoms with Gasteiger partial charge in [-0.05, 0) is 88.0 Å². The summed E-state index contributed by atoms with van der Waals surface area (Å²) in [5.41, 5.74) is 10.0. The number of anilines is 3. The van der Waals surface area contributed by atoms with Crippen LogP contribution in [0.5, 0.6) is 5.75 Å². The molecule has 40 heavy (non-hydrogen) atoms. The van der Waals surface area contributed by atoms with Gasteiger partial charge in [0.25, 0.3) is 6.43 Å². The Kier molecular flexibility index (Phi) is 9.36. The Bertz CT molecular complexity index is 1470. The topological polar surface area (TPSA) is 119 Å². The number of nitrogens with one attached hydrogen (secondary N) is 2. The fourth-order valence-electron chi connectivity index (χ4n) is 4.84. The fourth-order valence-corrected chi connectivity index (χ4v) is 6.19. The van der Waals surface area contributed by atoms with E-state index >= 15 is 0 Å². The molecule has 1 aliphatic rings. The van der Waals surface area contributed by atoms with Gasteiger partial charge in [-0.25, -0.2) is 22.2 Å². The van der Waals surface area contributed by atoms with Crippen LogP contribution in [0.2, 0.25) is 0 Å². The molecular formula is C29H35F2N5O3S. The lowest BCUT2D eigenvalue weighted by molar-refractivity contribution is 0.204. The quantitative estimate of drug-likeness (QED) is 0.268. The predicted octanol–water partition coefficient (Wildman–Crippen LogP) is 5.63. The molecule has 11 heteroatoms. The highest BCUT2D eigenvalue weighted by atomic mass is 32.2. The van der Waals surface area contributed by atoms with Crippen molar-refractivity contribution in [2.75, 3.05) is 29.9 Å². The number of hydrogen-bond donors (Lipinski definition) is 3. The van der Waals surface area contributed by atoms with Gasteiger partial charge in [-0.2, -0.15) is 4.98 Å². The van der Waals surface area contributed by atoms with Crippen molar-refractivity contribution < 1.29 is 21.9 Å². The summed E-state index contributed by atoms with van der Waals surface area (Å²) in [6.45, 7) is 7.98. The number of hydrogen-bond acceptors (Lipinski definition) is 8. The number of nitrogens with zero attached hydrogens (tertiary/aromatic N) is 2. The van der Waals surface area contributed by atoms with Crippen molar-refractivity contribution in [3.63, 3.8) is 0 Å². The molecule has 2 aromatic carbocycles. The van der Waals surface area contributed by atoms with E-state index in [1.54, 1.807) is 18.2 Å². The summed E-state index contributed by atoms with van der Waals surface area (Å²) >= 11 is 0. The van der Waals surface area contributed by atoms with Gasteiger partial charge >= 0.3 is 0 Å². The van der Waals surface area contributed by atoms with Gasteiger partial charge in [0.15, 0.2) is 9.84 Å². The van der Waals surface area contributed by atoms with Crippen LogP contribution in [0.1, 0.15) is 43.7 Å². The molecule has 0 radical (unpaired) electrons. The smallest absolute Gasteiger partial charge is 0.257 e. The molecule has 0 atom stereocenters. The maximum Gasteiger partial charge on any atom is 0.257 e. The van der Waals surface area contributed by atoms with Crippen molar-refractivity contribution >= 4 is 27.3 Å². The van der Waals surface area contributed by atoms with Crippen molar-refractivity contribution in [2.45, 2.75) is 57.0 Å². The number of piperidine rings is 1. The summed E-state index contributed by atoms with van der Waals surface area (Å²) in [5.74, 6) is 0.869. The van der Waals surface area contributed by atoms with Gasteiger partial charge in [0.05, 0.1) is 22.4 Å². The normalized spacial score (nSPS) is 14.8. The molecule has 214 valence electrons. The summed E-state index contributed by atoms with van der Waals surface area (Å²) in [4.78, 5) is 8.77. The third kappa shape index (κ3) is 7.14. The van der Waals surface area contributed by atoms with Crippen molar-refractivity contribution in [1.82, 2.24) is 15.3 Å². The zero-order valence-electron chi connectivity index (χ0n) is 22.8. The summed E-state index contributed by atoms with van der Waals surface area (Å²) in [6, 6.07) is 10.3. The van der Waals surface area contributed by atoms with E-state index in [9.17, 15) is 17.2 Å². The van der Waals surface area contributed by atoms with Crippen molar-refractivity contribution in [3.8, 4) is 16.9 Å². The highest BCUT2D eigenvalue weighted by Crippen LogP contribution is 2.38. The average Bonchev–Trinajstić information content (AvgIpc) is 2.90. The second kappa shape index (κ2) is 12.7. The lowest BCUT2D eigenvalue weighted by Gasteiger charge is -2.26. The molecule has 0 saturated carbocycles. The van der Waals surface area contributed by atoms with Gasteiger partial charge in [0, 0.05) is 17.3 Å². The van der Waals surface area contributed by atoms with Gasteiger partial charge < -0.3 is 21.1 Å². The van der Waals surface area contributed by atoms with Gasteiger partial charge in [0.1, 0.15) is 11.6 Å². The number of ether oxygens (including phenoxy) is 1. The molecule has 4 N–H and O–H groups in total. The van der Waals surface area contributed by atoms with Crippen molar-refractivity contribution in [2.24, 2.45) is 0 Å². The van der Waals surface area contributed by atoms with E-state index < -0.39 is 22.0 Å². The number of benzene rings is 2. The van der Waals surface area contributed by atoms with E-state index in [-0.39, 0.29) is 22.8 Å². The first-order valence-electron chi connectivity index (χ1n) is 13.2. The number of nitrogens with two attached hydrogens (primary N) is 1. The Morgan fingerprint density at radius 3 is 2.58 bits per heavy atom. The van der Waals surface area contributed by atoms with Crippen LogP contribution in [0.4, 0.5) is 26.2 Å². The number of allylic oxidation sites excluding steroid dienone is 1. The molecule has 0 unspecified atom stereocenters. The van der Waals surface area contributed by atoms with Crippen molar-refractivity contribution in [3.05, 3.63) is 65.9 Å². The van der Waals surface area contributed by atoms with Crippen LogP contribution in [0.3, 0.4) is 0 Å². The Labute approximate surface area is 234 Å². The molecule has 1 aliphatic heterocycles. The number of alkyl halides is 2. The molecule has 1 fully saturated rings. The molecule has 2 heterocycles. The molecule has 0 amide bonds. The Morgan fingerprint density at radius 2 is 1.90 bits per heavy atom. The highest BCUT2D eigenvalue weighted by Gasteiger charge is 2.22. The zero-order valence-corrected chi connectivity index (χ0v) is 23.6. The zero-order chi connectivity index (χ0) is 28.9. The molecule has 1 saturated heterocycles. The third-order valence-corrected chi connectivity index (χ3v) is 8.34. The molecule has 8 nitrogen and oxygen atoms in total. The van der Waals surface area contributed by atoms with E-state index in [2.05, 4.69) is 33.6 Å². The van der Waals surface area contributed by atoms with Crippen LogP contribution < -0.4 is 21.1 Å². The summed E-state index contributed by atoms with van der Waals surface area (Å²) in [6.07, 6.45) is 2.30.